The van der Waals surface area contributed by atoms with Crippen LogP contribution in [0.3, 0.4) is 0 Å². The number of nitrogens with one attached hydrogen (secondary N) is 2. The zero-order valence-corrected chi connectivity index (χ0v) is 10.5. The molecule has 3 N–H and O–H groups in total. The minimum absolute atomic E-state index is 0.0454. The van der Waals surface area contributed by atoms with Crippen molar-refractivity contribution in [2.75, 3.05) is 18.4 Å². The average Bonchev–Trinajstić information content (AvgIpc) is 2.33. The number of aromatic carboxylic acids is 1. The van der Waals surface area contributed by atoms with Crippen LogP contribution in [0.4, 0.5) is 5.69 Å². The van der Waals surface area contributed by atoms with Gasteiger partial charge in [-0.25, -0.2) is 4.79 Å². The normalized spacial score (nSPS) is 9.89. The summed E-state index contributed by atoms with van der Waals surface area (Å²) < 4.78 is 0. The third-order valence-corrected chi connectivity index (χ3v) is 2.28. The Balaban J connectivity index is 2.68. The lowest BCUT2D eigenvalue weighted by molar-refractivity contribution is -0.119. The highest BCUT2D eigenvalue weighted by Gasteiger charge is 2.11. The Morgan fingerprint density at radius 1 is 1.44 bits per heavy atom. The van der Waals surface area contributed by atoms with Gasteiger partial charge in [-0.05, 0) is 19.4 Å². The summed E-state index contributed by atoms with van der Waals surface area (Å²) in [5.74, 6) is -1.23. The molecule has 1 aromatic heterocycles. The molecule has 98 valence electrons. The summed E-state index contributed by atoms with van der Waals surface area (Å²) in [6.45, 7) is 4.38. The second kappa shape index (κ2) is 6.58. The fourth-order valence-electron chi connectivity index (χ4n) is 1.38. The van der Waals surface area contributed by atoms with Crippen LogP contribution in [0, 0.1) is 6.92 Å². The Labute approximate surface area is 105 Å². The second-order valence-electron chi connectivity index (χ2n) is 3.88. The third-order valence-electron chi connectivity index (χ3n) is 2.28. The van der Waals surface area contributed by atoms with Crippen LogP contribution in [0.15, 0.2) is 12.3 Å². The first-order valence-corrected chi connectivity index (χ1v) is 5.75. The van der Waals surface area contributed by atoms with Gasteiger partial charge < -0.3 is 15.7 Å². The lowest BCUT2D eigenvalue weighted by atomic mass is 10.2. The highest BCUT2D eigenvalue weighted by Crippen LogP contribution is 2.15. The molecule has 1 heterocycles. The van der Waals surface area contributed by atoms with Gasteiger partial charge in [-0.3, -0.25) is 9.78 Å². The molecule has 0 aliphatic rings. The molecule has 0 radical (unpaired) electrons. The van der Waals surface area contributed by atoms with E-state index < -0.39 is 5.97 Å². The Bertz CT molecular complexity index is 446. The van der Waals surface area contributed by atoms with Crippen molar-refractivity contribution in [3.05, 3.63) is 23.5 Å². The third kappa shape index (κ3) is 4.04. The predicted octanol–water partition coefficient (Wildman–Crippen LogP) is 1.03. The van der Waals surface area contributed by atoms with Crippen molar-refractivity contribution >= 4 is 17.6 Å². The number of aryl methyl sites for hydroxylation is 1. The lowest BCUT2D eigenvalue weighted by Gasteiger charge is -2.10. The van der Waals surface area contributed by atoms with Gasteiger partial charge in [-0.15, -0.1) is 0 Å². The smallest absolute Gasteiger partial charge is 0.339 e. The van der Waals surface area contributed by atoms with E-state index in [9.17, 15) is 9.59 Å². The minimum Gasteiger partial charge on any atom is -0.478 e. The fraction of sp³-hybridized carbons (Fsp3) is 0.417. The van der Waals surface area contributed by atoms with Crippen molar-refractivity contribution in [2.24, 2.45) is 0 Å². The largest absolute Gasteiger partial charge is 0.478 e. The van der Waals surface area contributed by atoms with E-state index in [0.717, 1.165) is 6.42 Å². The highest BCUT2D eigenvalue weighted by atomic mass is 16.4. The van der Waals surface area contributed by atoms with Gasteiger partial charge in [0.2, 0.25) is 5.91 Å². The molecule has 6 heteroatoms. The first-order chi connectivity index (χ1) is 8.54. The quantitative estimate of drug-likeness (QED) is 0.702. The molecule has 1 rings (SSSR count). The second-order valence-corrected chi connectivity index (χ2v) is 3.88. The van der Waals surface area contributed by atoms with Crippen molar-refractivity contribution < 1.29 is 14.7 Å². The summed E-state index contributed by atoms with van der Waals surface area (Å²) in [6, 6.07) is 1.61. The van der Waals surface area contributed by atoms with Crippen LogP contribution in [0.25, 0.3) is 0 Å². The number of rotatable bonds is 6. The number of carboxylic acid groups (broad SMARTS) is 1. The van der Waals surface area contributed by atoms with Crippen LogP contribution >= 0.6 is 0 Å². The van der Waals surface area contributed by atoms with Gasteiger partial charge in [0, 0.05) is 18.4 Å². The maximum atomic E-state index is 11.4. The van der Waals surface area contributed by atoms with Crippen LogP contribution < -0.4 is 10.6 Å². The number of anilines is 1. The van der Waals surface area contributed by atoms with Crippen LogP contribution in [0.1, 0.15) is 29.4 Å². The highest BCUT2D eigenvalue weighted by molar-refractivity contribution is 5.94. The molecule has 0 atom stereocenters. The van der Waals surface area contributed by atoms with Gasteiger partial charge in [0.1, 0.15) is 5.56 Å². The van der Waals surface area contributed by atoms with Gasteiger partial charge in [-0.2, -0.15) is 0 Å². The molecule has 0 spiro atoms. The summed E-state index contributed by atoms with van der Waals surface area (Å²) >= 11 is 0. The molecule has 0 aliphatic carbocycles. The Hall–Kier alpha value is -2.11. The summed E-state index contributed by atoms with van der Waals surface area (Å²) in [6.07, 6.45) is 2.14. The van der Waals surface area contributed by atoms with E-state index in [1.807, 2.05) is 6.92 Å². The monoisotopic (exact) mass is 251 g/mol. The topological polar surface area (TPSA) is 91.3 Å². The number of carboxylic acids is 1. The van der Waals surface area contributed by atoms with E-state index in [4.69, 9.17) is 5.11 Å². The van der Waals surface area contributed by atoms with Crippen molar-refractivity contribution in [1.82, 2.24) is 10.3 Å². The molecular formula is C12H17N3O3. The Kier molecular flexibility index (Phi) is 5.10. The number of hydrogen-bond donors (Lipinski definition) is 3. The van der Waals surface area contributed by atoms with E-state index in [2.05, 4.69) is 15.6 Å². The molecule has 6 nitrogen and oxygen atoms in total. The number of carbonyl (C=O) groups is 2. The van der Waals surface area contributed by atoms with Gasteiger partial charge in [0.15, 0.2) is 0 Å². The van der Waals surface area contributed by atoms with Crippen LogP contribution in [-0.2, 0) is 4.79 Å². The molecule has 0 saturated heterocycles. The first kappa shape index (κ1) is 14.0. The van der Waals surface area contributed by atoms with Gasteiger partial charge in [0.25, 0.3) is 0 Å². The first-order valence-electron chi connectivity index (χ1n) is 5.75. The van der Waals surface area contributed by atoms with Crippen LogP contribution in [-0.4, -0.2) is 35.1 Å². The van der Waals surface area contributed by atoms with Crippen LogP contribution in [0.5, 0.6) is 0 Å². The summed E-state index contributed by atoms with van der Waals surface area (Å²) in [5.41, 5.74) is 1.15. The zero-order valence-electron chi connectivity index (χ0n) is 10.5. The minimum atomic E-state index is -1.07. The molecule has 1 aromatic rings. The molecule has 0 fully saturated rings. The fourth-order valence-corrected chi connectivity index (χ4v) is 1.38. The van der Waals surface area contributed by atoms with E-state index in [-0.39, 0.29) is 18.0 Å². The van der Waals surface area contributed by atoms with Crippen molar-refractivity contribution in [2.45, 2.75) is 20.3 Å². The maximum absolute atomic E-state index is 11.4. The SMILES string of the molecule is CCCNC(=O)CNc1cc(C)ncc1C(=O)O. The van der Waals surface area contributed by atoms with Gasteiger partial charge in [-0.1, -0.05) is 6.92 Å². The van der Waals surface area contributed by atoms with E-state index in [1.165, 1.54) is 6.20 Å². The molecule has 0 aromatic carbocycles. The molecular weight excluding hydrogens is 234 g/mol. The number of carbonyl (C=O) groups excluding carboxylic acids is 1. The average molecular weight is 251 g/mol. The number of aromatic nitrogens is 1. The molecule has 0 unspecified atom stereocenters. The molecule has 0 saturated carbocycles. The van der Waals surface area contributed by atoms with Gasteiger partial charge in [0.05, 0.1) is 12.2 Å². The number of nitrogens with zero attached hydrogens (tertiary/aromatic N) is 1. The summed E-state index contributed by atoms with van der Waals surface area (Å²) in [7, 11) is 0. The van der Waals surface area contributed by atoms with Crippen molar-refractivity contribution in [1.29, 1.82) is 0 Å². The molecule has 18 heavy (non-hydrogen) atoms. The standard InChI is InChI=1S/C12H17N3O3/c1-3-4-13-11(16)7-15-10-5-8(2)14-6-9(10)12(17)18/h5-6H,3-4,7H2,1-2H3,(H,13,16)(H,14,15)(H,17,18). The van der Waals surface area contributed by atoms with Crippen molar-refractivity contribution in [3.63, 3.8) is 0 Å². The maximum Gasteiger partial charge on any atom is 0.339 e. The molecule has 1 amide bonds. The van der Waals surface area contributed by atoms with Crippen LogP contribution in [0.2, 0.25) is 0 Å². The van der Waals surface area contributed by atoms with E-state index in [0.29, 0.717) is 17.9 Å². The summed E-state index contributed by atoms with van der Waals surface area (Å²) in [5, 5.41) is 14.5. The predicted molar refractivity (Wildman–Crippen MR) is 67.7 cm³/mol. The number of pyridine rings is 1. The Morgan fingerprint density at radius 2 is 2.17 bits per heavy atom. The lowest BCUT2D eigenvalue weighted by Crippen LogP contribution is -2.30. The van der Waals surface area contributed by atoms with E-state index >= 15 is 0 Å². The summed E-state index contributed by atoms with van der Waals surface area (Å²) in [4.78, 5) is 26.3. The van der Waals surface area contributed by atoms with Crippen molar-refractivity contribution in [3.8, 4) is 0 Å². The number of hydrogen-bond acceptors (Lipinski definition) is 4. The van der Waals surface area contributed by atoms with E-state index in [1.54, 1.807) is 13.0 Å². The molecule has 0 aliphatic heterocycles. The zero-order chi connectivity index (χ0) is 13.5. The van der Waals surface area contributed by atoms with Gasteiger partial charge >= 0.3 is 5.97 Å². The Morgan fingerprint density at radius 3 is 2.78 bits per heavy atom. The molecule has 0 bridgehead atoms. The number of amides is 1.